The summed E-state index contributed by atoms with van der Waals surface area (Å²) >= 11 is 13.4. The summed E-state index contributed by atoms with van der Waals surface area (Å²) < 4.78 is 5.68. The molecule has 1 fully saturated rings. The predicted octanol–water partition coefficient (Wildman–Crippen LogP) is 3.24. The van der Waals surface area contributed by atoms with Crippen LogP contribution >= 0.6 is 34.5 Å². The summed E-state index contributed by atoms with van der Waals surface area (Å²) in [6.45, 7) is 4.18. The SMILES string of the molecule is CO[C@H]1CN(c2nc(-c3cnc(NCCN(C)C)cn3)c(C(=O)O)s2)CC[C@H]1NC(=O)c1[nH]c(C)c(Cl)c1Cl. The summed E-state index contributed by atoms with van der Waals surface area (Å²) in [6.07, 6.45) is 3.25. The lowest BCUT2D eigenvalue weighted by Crippen LogP contribution is -2.55. The minimum Gasteiger partial charge on any atom is -0.477 e. The number of nitrogens with zero attached hydrogens (tertiary/aromatic N) is 5. The molecule has 210 valence electrons. The van der Waals surface area contributed by atoms with E-state index >= 15 is 0 Å². The van der Waals surface area contributed by atoms with E-state index in [0.29, 0.717) is 53.4 Å². The van der Waals surface area contributed by atoms with E-state index in [1.165, 1.54) is 6.20 Å². The summed E-state index contributed by atoms with van der Waals surface area (Å²) in [5, 5.41) is 17.0. The molecule has 4 N–H and O–H groups in total. The average molecular weight is 598 g/mol. The molecule has 1 saturated heterocycles. The lowest BCUT2D eigenvalue weighted by atomic mass is 10.0. The Morgan fingerprint density at radius 2 is 2.05 bits per heavy atom. The van der Waals surface area contributed by atoms with Crippen LogP contribution in [0.2, 0.25) is 10.0 Å². The molecule has 0 spiro atoms. The first kappa shape index (κ1) is 29.0. The fourth-order valence-corrected chi connectivity index (χ4v) is 5.54. The van der Waals surface area contributed by atoms with Gasteiger partial charge in [-0.05, 0) is 27.4 Å². The highest BCUT2D eigenvalue weighted by Crippen LogP contribution is 2.34. The Balaban J connectivity index is 1.47. The number of aryl methyl sites for hydroxylation is 1. The van der Waals surface area contributed by atoms with Crippen LogP contribution in [0.3, 0.4) is 0 Å². The Labute approximate surface area is 239 Å². The van der Waals surface area contributed by atoms with E-state index in [4.69, 9.17) is 27.9 Å². The van der Waals surface area contributed by atoms with Crippen molar-refractivity contribution >= 4 is 57.4 Å². The van der Waals surface area contributed by atoms with Crippen molar-refractivity contribution in [3.63, 3.8) is 0 Å². The van der Waals surface area contributed by atoms with Crippen LogP contribution in [0.1, 0.15) is 32.3 Å². The zero-order valence-corrected chi connectivity index (χ0v) is 24.2. The van der Waals surface area contributed by atoms with E-state index in [9.17, 15) is 14.7 Å². The third kappa shape index (κ3) is 6.61. The van der Waals surface area contributed by atoms with Gasteiger partial charge in [-0.1, -0.05) is 34.5 Å². The Hall–Kier alpha value is -2.97. The summed E-state index contributed by atoms with van der Waals surface area (Å²) in [5.41, 5.74) is 1.44. The molecule has 12 nitrogen and oxygen atoms in total. The molecule has 0 bridgehead atoms. The lowest BCUT2D eigenvalue weighted by molar-refractivity contribution is 0.0540. The van der Waals surface area contributed by atoms with Crippen LogP contribution in [-0.2, 0) is 4.74 Å². The number of H-pyrrole nitrogens is 1. The Morgan fingerprint density at radius 1 is 1.28 bits per heavy atom. The number of hydrogen-bond donors (Lipinski definition) is 4. The molecular formula is C24H30Cl2N8O4S. The largest absolute Gasteiger partial charge is 0.477 e. The van der Waals surface area contributed by atoms with Gasteiger partial charge in [-0.25, -0.2) is 19.7 Å². The molecule has 1 aliphatic rings. The fraction of sp³-hybridized carbons (Fsp3) is 0.458. The molecule has 0 aliphatic carbocycles. The highest BCUT2D eigenvalue weighted by Gasteiger charge is 2.34. The number of carboxylic acids is 1. The van der Waals surface area contributed by atoms with Crippen molar-refractivity contribution in [2.45, 2.75) is 25.5 Å². The van der Waals surface area contributed by atoms with Gasteiger partial charge >= 0.3 is 5.97 Å². The van der Waals surface area contributed by atoms with Gasteiger partial charge in [0.25, 0.3) is 5.91 Å². The molecular weight excluding hydrogens is 567 g/mol. The zero-order valence-electron chi connectivity index (χ0n) is 21.9. The smallest absolute Gasteiger partial charge is 0.348 e. The molecule has 1 aliphatic heterocycles. The minimum atomic E-state index is -1.09. The van der Waals surface area contributed by atoms with Crippen LogP contribution in [0.25, 0.3) is 11.4 Å². The van der Waals surface area contributed by atoms with Crippen molar-refractivity contribution in [1.29, 1.82) is 0 Å². The van der Waals surface area contributed by atoms with Crippen LogP contribution in [0, 0.1) is 6.92 Å². The third-order valence-electron chi connectivity index (χ3n) is 6.30. The average Bonchev–Trinajstić information content (AvgIpc) is 3.47. The molecule has 0 saturated carbocycles. The van der Waals surface area contributed by atoms with Crippen LogP contribution in [0.4, 0.5) is 10.9 Å². The Morgan fingerprint density at radius 3 is 2.64 bits per heavy atom. The minimum absolute atomic E-state index is 0.0747. The van der Waals surface area contributed by atoms with Gasteiger partial charge in [0.15, 0.2) is 5.13 Å². The highest BCUT2D eigenvalue weighted by molar-refractivity contribution is 7.17. The van der Waals surface area contributed by atoms with Gasteiger partial charge in [0.2, 0.25) is 0 Å². The first-order valence-electron chi connectivity index (χ1n) is 12.2. The number of carbonyl (C=O) groups excluding carboxylic acids is 1. The van der Waals surface area contributed by atoms with Crippen LogP contribution in [0.15, 0.2) is 12.4 Å². The number of ether oxygens (including phenoxy) is 1. The molecule has 15 heteroatoms. The van der Waals surface area contributed by atoms with Crippen molar-refractivity contribution in [3.05, 3.63) is 38.7 Å². The number of methoxy groups -OCH3 is 1. The number of piperidine rings is 1. The number of nitrogens with one attached hydrogen (secondary N) is 3. The number of amides is 1. The van der Waals surface area contributed by atoms with Gasteiger partial charge in [-0.2, -0.15) is 0 Å². The summed E-state index contributed by atoms with van der Waals surface area (Å²) in [5.74, 6) is -0.873. The van der Waals surface area contributed by atoms with E-state index in [1.54, 1.807) is 20.2 Å². The maximum atomic E-state index is 12.9. The second kappa shape index (κ2) is 12.5. The maximum Gasteiger partial charge on any atom is 0.348 e. The van der Waals surface area contributed by atoms with E-state index in [-0.39, 0.29) is 39.3 Å². The quantitative estimate of drug-likeness (QED) is 0.275. The number of anilines is 2. The van der Waals surface area contributed by atoms with Crippen molar-refractivity contribution in [2.75, 3.05) is 57.6 Å². The number of thiazole rings is 1. The Kier molecular flexibility index (Phi) is 9.28. The molecule has 3 aromatic rings. The predicted molar refractivity (Wildman–Crippen MR) is 152 cm³/mol. The zero-order chi connectivity index (χ0) is 28.3. The van der Waals surface area contributed by atoms with E-state index in [1.807, 2.05) is 23.9 Å². The number of aromatic nitrogens is 4. The van der Waals surface area contributed by atoms with E-state index in [2.05, 4.69) is 30.6 Å². The molecule has 4 heterocycles. The monoisotopic (exact) mass is 596 g/mol. The normalized spacial score (nSPS) is 17.5. The number of aromatic amines is 1. The van der Waals surface area contributed by atoms with Crippen LogP contribution in [0.5, 0.6) is 0 Å². The summed E-state index contributed by atoms with van der Waals surface area (Å²) in [4.78, 5) is 45.3. The molecule has 0 radical (unpaired) electrons. The van der Waals surface area contributed by atoms with Gasteiger partial charge in [0.1, 0.15) is 27.8 Å². The standard InChI is InChI=1S/C24H30Cl2N8O4S/c1-12-17(25)18(26)20(30-12)22(35)31-13-5-7-34(11-15(13)38-4)24-32-19(21(39-24)23(36)37)14-9-29-16(10-28-14)27-6-8-33(2)3/h9-10,13,15,30H,5-8,11H2,1-4H3,(H,27,29)(H,31,35)(H,36,37)/t13-,15+/m1/s1. The number of rotatable bonds is 10. The molecule has 0 aromatic carbocycles. The number of aromatic carboxylic acids is 1. The molecule has 0 unspecified atom stereocenters. The lowest BCUT2D eigenvalue weighted by Gasteiger charge is -2.37. The number of likely N-dealkylation sites (N-methyl/N-ethyl adjacent to an activating group) is 1. The van der Waals surface area contributed by atoms with Gasteiger partial charge < -0.3 is 35.3 Å². The fourth-order valence-electron chi connectivity index (χ4n) is 4.17. The molecule has 2 atom stereocenters. The first-order valence-corrected chi connectivity index (χ1v) is 13.7. The van der Waals surface area contributed by atoms with Crippen molar-refractivity contribution < 1.29 is 19.4 Å². The second-order valence-electron chi connectivity index (χ2n) is 9.34. The maximum absolute atomic E-state index is 12.9. The number of carboxylic acid groups (broad SMARTS) is 1. The number of carbonyl (C=O) groups is 2. The number of hydrogen-bond acceptors (Lipinski definition) is 10. The van der Waals surface area contributed by atoms with Gasteiger partial charge in [0.05, 0.1) is 34.6 Å². The molecule has 1 amide bonds. The van der Waals surface area contributed by atoms with Gasteiger partial charge in [-0.3, -0.25) is 4.79 Å². The second-order valence-corrected chi connectivity index (χ2v) is 11.1. The number of halogens is 2. The van der Waals surface area contributed by atoms with Crippen LogP contribution < -0.4 is 15.5 Å². The van der Waals surface area contributed by atoms with Gasteiger partial charge in [0, 0.05) is 39.0 Å². The Bertz CT molecular complexity index is 1330. The summed E-state index contributed by atoms with van der Waals surface area (Å²) in [7, 11) is 5.52. The van der Waals surface area contributed by atoms with Crippen LogP contribution in [-0.4, -0.2) is 101 Å². The molecule has 3 aromatic heterocycles. The topological polar surface area (TPSA) is 149 Å². The van der Waals surface area contributed by atoms with Gasteiger partial charge in [-0.15, -0.1) is 0 Å². The highest BCUT2D eigenvalue weighted by atomic mass is 35.5. The third-order valence-corrected chi connectivity index (χ3v) is 8.35. The van der Waals surface area contributed by atoms with Crippen molar-refractivity contribution in [3.8, 4) is 11.4 Å². The van der Waals surface area contributed by atoms with E-state index < -0.39 is 5.97 Å². The van der Waals surface area contributed by atoms with Crippen molar-refractivity contribution in [2.24, 2.45) is 0 Å². The van der Waals surface area contributed by atoms with E-state index in [0.717, 1.165) is 17.9 Å². The summed E-state index contributed by atoms with van der Waals surface area (Å²) in [6, 6.07) is -0.297. The molecule has 39 heavy (non-hydrogen) atoms. The molecule has 4 rings (SSSR count). The van der Waals surface area contributed by atoms with Crippen molar-refractivity contribution in [1.82, 2.24) is 30.2 Å². The first-order chi connectivity index (χ1) is 18.6.